The van der Waals surface area contributed by atoms with Gasteiger partial charge in [0.15, 0.2) is 0 Å². The van der Waals surface area contributed by atoms with Crippen LogP contribution in [0.1, 0.15) is 18.9 Å². The van der Waals surface area contributed by atoms with Crippen LogP contribution >= 0.6 is 23.4 Å². The van der Waals surface area contributed by atoms with Gasteiger partial charge in [0.2, 0.25) is 0 Å². The number of nitrogen functional groups attached to an aromatic ring is 1. The van der Waals surface area contributed by atoms with Crippen LogP contribution in [-0.4, -0.2) is 18.0 Å². The van der Waals surface area contributed by atoms with Crippen molar-refractivity contribution in [1.82, 2.24) is 0 Å². The minimum Gasteiger partial charge on any atom is -0.398 e. The maximum absolute atomic E-state index is 5.91. The third-order valence-electron chi connectivity index (χ3n) is 2.87. The second-order valence-electron chi connectivity index (χ2n) is 4.06. The second kappa shape index (κ2) is 5.30. The van der Waals surface area contributed by atoms with Crippen molar-refractivity contribution in [2.24, 2.45) is 0 Å². The van der Waals surface area contributed by atoms with E-state index in [2.05, 4.69) is 6.92 Å². The number of anilines is 1. The van der Waals surface area contributed by atoms with Crippen molar-refractivity contribution in [1.29, 1.82) is 0 Å². The molecule has 16 heavy (non-hydrogen) atoms. The minimum atomic E-state index is 0.360. The van der Waals surface area contributed by atoms with Gasteiger partial charge >= 0.3 is 0 Å². The van der Waals surface area contributed by atoms with Crippen LogP contribution in [0.5, 0.6) is 0 Å². The fourth-order valence-corrected chi connectivity index (χ4v) is 3.27. The van der Waals surface area contributed by atoms with Gasteiger partial charge in [0.1, 0.15) is 0 Å². The molecule has 2 unspecified atom stereocenters. The number of nitrogens with two attached hydrogens (primary N) is 1. The zero-order valence-electron chi connectivity index (χ0n) is 9.28. The van der Waals surface area contributed by atoms with Gasteiger partial charge in [0, 0.05) is 28.3 Å². The summed E-state index contributed by atoms with van der Waals surface area (Å²) in [4.78, 5) is 0. The molecule has 1 saturated heterocycles. The Kier molecular flexibility index (Phi) is 4.00. The summed E-state index contributed by atoms with van der Waals surface area (Å²) in [5.74, 6) is 0.932. The first kappa shape index (κ1) is 12.1. The van der Waals surface area contributed by atoms with Crippen molar-refractivity contribution in [2.75, 3.05) is 12.3 Å². The number of benzene rings is 1. The van der Waals surface area contributed by atoms with Gasteiger partial charge in [-0.25, -0.2) is 0 Å². The zero-order chi connectivity index (χ0) is 11.5. The molecule has 1 fully saturated rings. The summed E-state index contributed by atoms with van der Waals surface area (Å²) in [6.45, 7) is 3.02. The molecule has 2 N–H and O–H groups in total. The van der Waals surface area contributed by atoms with Gasteiger partial charge in [-0.05, 0) is 31.0 Å². The summed E-state index contributed by atoms with van der Waals surface area (Å²) in [5.41, 5.74) is 7.86. The third-order valence-corrected chi connectivity index (χ3v) is 4.63. The van der Waals surface area contributed by atoms with Gasteiger partial charge in [0.05, 0.1) is 6.10 Å². The lowest BCUT2D eigenvalue weighted by molar-refractivity contribution is 0.127. The molecular formula is C12H16ClNOS. The van der Waals surface area contributed by atoms with Crippen molar-refractivity contribution in [2.45, 2.75) is 30.5 Å². The summed E-state index contributed by atoms with van der Waals surface area (Å²) in [5, 5.41) is 1.29. The van der Waals surface area contributed by atoms with E-state index in [0.29, 0.717) is 16.4 Å². The molecule has 4 heteroatoms. The summed E-state index contributed by atoms with van der Waals surface area (Å²) >= 11 is 7.78. The van der Waals surface area contributed by atoms with E-state index in [1.54, 1.807) is 0 Å². The van der Waals surface area contributed by atoms with Crippen LogP contribution < -0.4 is 5.73 Å². The molecule has 0 bridgehead atoms. The Morgan fingerprint density at radius 3 is 3.00 bits per heavy atom. The maximum atomic E-state index is 5.91. The van der Waals surface area contributed by atoms with Gasteiger partial charge in [-0.2, -0.15) is 11.8 Å². The summed E-state index contributed by atoms with van der Waals surface area (Å²) < 4.78 is 5.53. The number of ether oxygens (including phenoxy) is 1. The Labute approximate surface area is 105 Å². The van der Waals surface area contributed by atoms with E-state index in [9.17, 15) is 0 Å². The van der Waals surface area contributed by atoms with Crippen LogP contribution in [0.15, 0.2) is 18.2 Å². The van der Waals surface area contributed by atoms with Crippen LogP contribution in [0.3, 0.4) is 0 Å². The monoisotopic (exact) mass is 257 g/mol. The molecule has 0 aromatic heterocycles. The molecule has 0 radical (unpaired) electrons. The minimum absolute atomic E-state index is 0.360. The standard InChI is InChI=1S/C12H16ClNOS/c1-8-12(4-5-15-8)16-7-9-2-3-10(13)6-11(9)14/h2-3,6,8,12H,4-5,7,14H2,1H3. The number of hydrogen-bond donors (Lipinski definition) is 1. The second-order valence-corrected chi connectivity index (χ2v) is 5.72. The molecule has 0 amide bonds. The average molecular weight is 258 g/mol. The van der Waals surface area contributed by atoms with Gasteiger partial charge in [-0.3, -0.25) is 0 Å². The zero-order valence-corrected chi connectivity index (χ0v) is 10.9. The molecule has 1 aromatic rings. The molecule has 1 aromatic carbocycles. The topological polar surface area (TPSA) is 35.2 Å². The Hall–Kier alpha value is -0.380. The van der Waals surface area contributed by atoms with E-state index in [0.717, 1.165) is 30.0 Å². The first-order valence-corrected chi connectivity index (χ1v) is 6.86. The fourth-order valence-electron chi connectivity index (χ4n) is 1.83. The van der Waals surface area contributed by atoms with Crippen LogP contribution in [0.4, 0.5) is 5.69 Å². The largest absolute Gasteiger partial charge is 0.398 e. The predicted octanol–water partition coefficient (Wildman–Crippen LogP) is 3.33. The SMILES string of the molecule is CC1OCCC1SCc1ccc(Cl)cc1N. The average Bonchev–Trinajstić information content (AvgIpc) is 2.63. The van der Waals surface area contributed by atoms with Gasteiger partial charge in [0.25, 0.3) is 0 Å². The lowest BCUT2D eigenvalue weighted by atomic mass is 10.2. The highest BCUT2D eigenvalue weighted by Crippen LogP contribution is 2.31. The predicted molar refractivity (Wildman–Crippen MR) is 71.0 cm³/mol. The van der Waals surface area contributed by atoms with E-state index in [1.807, 2.05) is 30.0 Å². The molecule has 2 atom stereocenters. The number of halogens is 1. The molecule has 2 nitrogen and oxygen atoms in total. The summed E-state index contributed by atoms with van der Waals surface area (Å²) in [7, 11) is 0. The highest BCUT2D eigenvalue weighted by atomic mass is 35.5. The van der Waals surface area contributed by atoms with E-state index in [-0.39, 0.29) is 0 Å². The molecule has 1 heterocycles. The van der Waals surface area contributed by atoms with Gasteiger partial charge in [-0.15, -0.1) is 0 Å². The smallest absolute Gasteiger partial charge is 0.0666 e. The van der Waals surface area contributed by atoms with Crippen molar-refractivity contribution < 1.29 is 4.74 Å². The summed E-state index contributed by atoms with van der Waals surface area (Å²) in [6, 6.07) is 5.71. The lowest BCUT2D eigenvalue weighted by Crippen LogP contribution is -2.13. The molecule has 1 aliphatic rings. The molecular weight excluding hydrogens is 242 g/mol. The lowest BCUT2D eigenvalue weighted by Gasteiger charge is -2.14. The number of rotatable bonds is 3. The van der Waals surface area contributed by atoms with E-state index >= 15 is 0 Å². The fraction of sp³-hybridized carbons (Fsp3) is 0.500. The number of thioether (sulfide) groups is 1. The van der Waals surface area contributed by atoms with E-state index in [1.165, 1.54) is 0 Å². The Morgan fingerprint density at radius 1 is 1.56 bits per heavy atom. The van der Waals surface area contributed by atoms with Gasteiger partial charge < -0.3 is 10.5 Å². The van der Waals surface area contributed by atoms with Crippen molar-refractivity contribution in [3.8, 4) is 0 Å². The highest BCUT2D eigenvalue weighted by Gasteiger charge is 2.24. The third kappa shape index (κ3) is 2.84. The first-order valence-electron chi connectivity index (χ1n) is 5.44. The molecule has 1 aliphatic heterocycles. The van der Waals surface area contributed by atoms with Crippen molar-refractivity contribution in [3.63, 3.8) is 0 Å². The Bertz CT molecular complexity index is 372. The van der Waals surface area contributed by atoms with Crippen LogP contribution in [-0.2, 0) is 10.5 Å². The molecule has 0 spiro atoms. The first-order chi connectivity index (χ1) is 7.66. The molecule has 0 aliphatic carbocycles. The quantitative estimate of drug-likeness (QED) is 0.844. The number of hydrogen-bond acceptors (Lipinski definition) is 3. The molecule has 2 rings (SSSR count). The normalized spacial score (nSPS) is 24.9. The van der Waals surface area contributed by atoms with Crippen LogP contribution in [0.25, 0.3) is 0 Å². The van der Waals surface area contributed by atoms with Crippen LogP contribution in [0.2, 0.25) is 5.02 Å². The summed E-state index contributed by atoms with van der Waals surface area (Å²) in [6.07, 6.45) is 1.50. The maximum Gasteiger partial charge on any atom is 0.0666 e. The highest BCUT2D eigenvalue weighted by molar-refractivity contribution is 7.99. The van der Waals surface area contributed by atoms with Crippen molar-refractivity contribution in [3.05, 3.63) is 28.8 Å². The molecule has 0 saturated carbocycles. The van der Waals surface area contributed by atoms with E-state index in [4.69, 9.17) is 22.1 Å². The van der Waals surface area contributed by atoms with E-state index < -0.39 is 0 Å². The Morgan fingerprint density at radius 2 is 2.38 bits per heavy atom. The van der Waals surface area contributed by atoms with Crippen molar-refractivity contribution >= 4 is 29.1 Å². The molecule has 88 valence electrons. The Balaban J connectivity index is 1.94. The van der Waals surface area contributed by atoms with Crippen LogP contribution in [0, 0.1) is 0 Å². The van der Waals surface area contributed by atoms with Gasteiger partial charge in [-0.1, -0.05) is 17.7 Å².